The highest BCUT2D eigenvalue weighted by Gasteiger charge is 2.28. The second-order valence-corrected chi connectivity index (χ2v) is 4.58. The van der Waals surface area contributed by atoms with E-state index in [0.717, 1.165) is 5.92 Å². The Morgan fingerprint density at radius 2 is 2.07 bits per heavy atom. The minimum absolute atomic E-state index is 0.379. The molecule has 0 unspecified atom stereocenters. The monoisotopic (exact) mass is 190 g/mol. The quantitative estimate of drug-likeness (QED) is 0.776. The molecule has 1 heteroatoms. The molecule has 1 aromatic carbocycles. The van der Waals surface area contributed by atoms with Gasteiger partial charge in [-0.2, -0.15) is 0 Å². The third kappa shape index (κ3) is 2.16. The molecule has 0 bridgehead atoms. The Bertz CT molecular complexity index is 300. The largest absolute Gasteiger partial charge is 0.396 e. The van der Waals surface area contributed by atoms with Gasteiger partial charge in [-0.1, -0.05) is 29.8 Å². The summed E-state index contributed by atoms with van der Waals surface area (Å²) in [6, 6.07) is 8.75. The molecule has 14 heavy (non-hydrogen) atoms. The van der Waals surface area contributed by atoms with Crippen molar-refractivity contribution >= 4 is 0 Å². The highest BCUT2D eigenvalue weighted by molar-refractivity contribution is 5.22. The second-order valence-electron chi connectivity index (χ2n) is 4.58. The zero-order valence-corrected chi connectivity index (χ0v) is 8.74. The molecule has 1 nitrogen and oxygen atoms in total. The molecule has 0 aromatic heterocycles. The van der Waals surface area contributed by atoms with E-state index in [0.29, 0.717) is 12.5 Å². The lowest BCUT2D eigenvalue weighted by molar-refractivity contribution is 0.107. The van der Waals surface area contributed by atoms with Crippen molar-refractivity contribution in [1.29, 1.82) is 0 Å². The summed E-state index contributed by atoms with van der Waals surface area (Å²) in [6.45, 7) is 2.52. The molecule has 1 aromatic rings. The fraction of sp³-hybridized carbons (Fsp3) is 0.538. The van der Waals surface area contributed by atoms with Crippen LogP contribution in [0.3, 0.4) is 0 Å². The molecule has 0 radical (unpaired) electrons. The van der Waals surface area contributed by atoms with Crippen molar-refractivity contribution < 1.29 is 5.11 Å². The van der Waals surface area contributed by atoms with Crippen LogP contribution in [-0.2, 0) is 6.42 Å². The van der Waals surface area contributed by atoms with Crippen molar-refractivity contribution in [2.24, 2.45) is 11.8 Å². The van der Waals surface area contributed by atoms with Crippen molar-refractivity contribution in [3.8, 4) is 0 Å². The van der Waals surface area contributed by atoms with E-state index in [1.807, 2.05) is 0 Å². The van der Waals surface area contributed by atoms with Gasteiger partial charge >= 0.3 is 0 Å². The first-order valence-electron chi connectivity index (χ1n) is 5.44. The molecule has 1 fully saturated rings. The van der Waals surface area contributed by atoms with Crippen molar-refractivity contribution in [2.45, 2.75) is 26.2 Å². The molecule has 0 atom stereocenters. The molecule has 1 aliphatic rings. The normalized spacial score (nSPS) is 25.9. The van der Waals surface area contributed by atoms with E-state index >= 15 is 0 Å². The van der Waals surface area contributed by atoms with E-state index in [2.05, 4.69) is 31.2 Å². The van der Waals surface area contributed by atoms with Crippen LogP contribution in [0.15, 0.2) is 24.3 Å². The summed E-state index contributed by atoms with van der Waals surface area (Å²) in [5, 5.41) is 8.91. The van der Waals surface area contributed by atoms with Gasteiger partial charge in [0.25, 0.3) is 0 Å². The van der Waals surface area contributed by atoms with Crippen molar-refractivity contribution in [2.75, 3.05) is 6.61 Å². The van der Waals surface area contributed by atoms with E-state index in [-0.39, 0.29) is 0 Å². The molecule has 1 aliphatic carbocycles. The van der Waals surface area contributed by atoms with Gasteiger partial charge in [-0.3, -0.25) is 0 Å². The molecular weight excluding hydrogens is 172 g/mol. The van der Waals surface area contributed by atoms with Crippen molar-refractivity contribution in [3.63, 3.8) is 0 Å². The molecule has 0 amide bonds. The summed E-state index contributed by atoms with van der Waals surface area (Å²) in [4.78, 5) is 0. The standard InChI is InChI=1S/C13H18O/c1-10-3-2-4-11(5-10)6-12-7-13(8-12)9-14/h2-5,12-14H,6-9H2,1H3. The van der Waals surface area contributed by atoms with Crippen LogP contribution in [0.4, 0.5) is 0 Å². The predicted octanol–water partition coefficient (Wildman–Crippen LogP) is 2.56. The van der Waals surface area contributed by atoms with Crippen LogP contribution in [-0.4, -0.2) is 11.7 Å². The van der Waals surface area contributed by atoms with Crippen LogP contribution in [0.2, 0.25) is 0 Å². The molecule has 0 heterocycles. The summed E-state index contributed by atoms with van der Waals surface area (Å²) in [5.74, 6) is 1.40. The Morgan fingerprint density at radius 1 is 1.29 bits per heavy atom. The maximum atomic E-state index is 8.91. The van der Waals surface area contributed by atoms with E-state index < -0.39 is 0 Å². The zero-order chi connectivity index (χ0) is 9.97. The molecule has 0 aliphatic heterocycles. The van der Waals surface area contributed by atoms with Gasteiger partial charge in [0.2, 0.25) is 0 Å². The summed E-state index contributed by atoms with van der Waals surface area (Å²) < 4.78 is 0. The first-order chi connectivity index (χ1) is 6.78. The lowest BCUT2D eigenvalue weighted by Gasteiger charge is -2.34. The van der Waals surface area contributed by atoms with Crippen LogP contribution in [0.1, 0.15) is 24.0 Å². The fourth-order valence-electron chi connectivity index (χ4n) is 2.36. The third-order valence-corrected chi connectivity index (χ3v) is 3.20. The van der Waals surface area contributed by atoms with Crippen LogP contribution < -0.4 is 0 Å². The van der Waals surface area contributed by atoms with Gasteiger partial charge in [0.05, 0.1) is 0 Å². The van der Waals surface area contributed by atoms with E-state index in [4.69, 9.17) is 5.11 Å². The molecule has 0 saturated heterocycles. The van der Waals surface area contributed by atoms with Gasteiger partial charge in [-0.05, 0) is 43.6 Å². The van der Waals surface area contributed by atoms with E-state index in [9.17, 15) is 0 Å². The zero-order valence-electron chi connectivity index (χ0n) is 8.74. The van der Waals surface area contributed by atoms with Crippen molar-refractivity contribution in [1.82, 2.24) is 0 Å². The van der Waals surface area contributed by atoms with Crippen LogP contribution in [0.5, 0.6) is 0 Å². The minimum atomic E-state index is 0.379. The Balaban J connectivity index is 1.87. The van der Waals surface area contributed by atoms with E-state index in [1.54, 1.807) is 0 Å². The predicted molar refractivity (Wildman–Crippen MR) is 58.2 cm³/mol. The van der Waals surface area contributed by atoms with Gasteiger partial charge < -0.3 is 5.11 Å². The summed E-state index contributed by atoms with van der Waals surface area (Å²) in [7, 11) is 0. The summed E-state index contributed by atoms with van der Waals surface area (Å²) in [5.41, 5.74) is 2.80. The third-order valence-electron chi connectivity index (χ3n) is 3.20. The van der Waals surface area contributed by atoms with Crippen LogP contribution in [0.25, 0.3) is 0 Å². The second kappa shape index (κ2) is 4.14. The summed E-state index contributed by atoms with van der Waals surface area (Å²) >= 11 is 0. The lowest BCUT2D eigenvalue weighted by Crippen LogP contribution is -2.27. The van der Waals surface area contributed by atoms with Crippen LogP contribution >= 0.6 is 0 Å². The number of rotatable bonds is 3. The number of hydrogen-bond acceptors (Lipinski definition) is 1. The van der Waals surface area contributed by atoms with E-state index in [1.165, 1.54) is 30.4 Å². The Morgan fingerprint density at radius 3 is 2.71 bits per heavy atom. The Kier molecular flexibility index (Phi) is 2.87. The van der Waals surface area contributed by atoms with Gasteiger partial charge in [0, 0.05) is 6.61 Å². The van der Waals surface area contributed by atoms with Crippen molar-refractivity contribution in [3.05, 3.63) is 35.4 Å². The van der Waals surface area contributed by atoms with Crippen LogP contribution in [0, 0.1) is 18.8 Å². The fourth-order valence-corrected chi connectivity index (χ4v) is 2.36. The maximum Gasteiger partial charge on any atom is 0.0459 e. The SMILES string of the molecule is Cc1cccc(CC2CC(CO)C2)c1. The smallest absolute Gasteiger partial charge is 0.0459 e. The minimum Gasteiger partial charge on any atom is -0.396 e. The van der Waals surface area contributed by atoms with Gasteiger partial charge in [-0.15, -0.1) is 0 Å². The molecular formula is C13H18O. The summed E-state index contributed by atoms with van der Waals surface area (Å²) in [6.07, 6.45) is 3.62. The number of hydrogen-bond donors (Lipinski definition) is 1. The number of aliphatic hydroxyl groups is 1. The molecule has 1 saturated carbocycles. The lowest BCUT2D eigenvalue weighted by atomic mass is 9.72. The molecule has 76 valence electrons. The average Bonchev–Trinajstić information content (AvgIpc) is 2.10. The average molecular weight is 190 g/mol. The molecule has 0 spiro atoms. The highest BCUT2D eigenvalue weighted by atomic mass is 16.3. The number of aryl methyl sites for hydroxylation is 1. The first kappa shape index (κ1) is 9.72. The highest BCUT2D eigenvalue weighted by Crippen LogP contribution is 2.35. The maximum absolute atomic E-state index is 8.91. The molecule has 1 N–H and O–H groups in total. The van der Waals surface area contributed by atoms with Gasteiger partial charge in [0.15, 0.2) is 0 Å². The Hall–Kier alpha value is -0.820. The first-order valence-corrected chi connectivity index (χ1v) is 5.44. The van der Waals surface area contributed by atoms with Gasteiger partial charge in [0.1, 0.15) is 0 Å². The Labute approximate surface area is 85.8 Å². The molecule has 2 rings (SSSR count). The number of aliphatic hydroxyl groups excluding tert-OH is 1. The number of benzene rings is 1. The van der Waals surface area contributed by atoms with Gasteiger partial charge in [-0.25, -0.2) is 0 Å². The topological polar surface area (TPSA) is 20.2 Å².